The van der Waals surface area contributed by atoms with Crippen LogP contribution in [-0.4, -0.2) is 38.2 Å². The van der Waals surface area contributed by atoms with E-state index >= 15 is 0 Å². The van der Waals surface area contributed by atoms with Crippen LogP contribution in [0.15, 0.2) is 34.6 Å². The number of hydrogen-bond acceptors (Lipinski definition) is 6. The first-order valence-corrected chi connectivity index (χ1v) is 5.76. The molecule has 0 unspecified atom stereocenters. The van der Waals surface area contributed by atoms with Crippen molar-refractivity contribution in [3.63, 3.8) is 0 Å². The van der Waals surface area contributed by atoms with Gasteiger partial charge < -0.3 is 9.68 Å². The molecule has 0 heterocycles. The highest BCUT2D eigenvalue weighted by Crippen LogP contribution is 2.03. The molecular formula is C14H18N2O4. The Morgan fingerprint density at radius 3 is 1.90 bits per heavy atom. The van der Waals surface area contributed by atoms with Crippen molar-refractivity contribution in [2.45, 2.75) is 13.8 Å². The zero-order valence-corrected chi connectivity index (χ0v) is 12.0. The van der Waals surface area contributed by atoms with Crippen molar-refractivity contribution in [1.29, 1.82) is 0 Å². The summed E-state index contributed by atoms with van der Waals surface area (Å²) in [6.07, 6.45) is 2.70. The van der Waals surface area contributed by atoms with E-state index in [0.717, 1.165) is 11.8 Å². The summed E-state index contributed by atoms with van der Waals surface area (Å²) in [4.78, 5) is 29.6. The van der Waals surface area contributed by atoms with Gasteiger partial charge in [0.25, 0.3) is 0 Å². The molecule has 6 nitrogen and oxygen atoms in total. The molecule has 0 aliphatic rings. The number of Topliss-reactive ketones (excluding diaryl/α,β-unsaturated/α-hetero) is 2. The Labute approximate surface area is 118 Å². The molecule has 6 heteroatoms. The lowest BCUT2D eigenvalue weighted by Crippen LogP contribution is -1.91. The highest BCUT2D eigenvalue weighted by atomic mass is 16.6. The molecule has 1 rings (SSSR count). The predicted octanol–water partition coefficient (Wildman–Crippen LogP) is 2.08. The molecule has 0 saturated carbocycles. The fraction of sp³-hybridized carbons (Fsp3) is 0.286. The van der Waals surface area contributed by atoms with E-state index in [-0.39, 0.29) is 11.6 Å². The standard InChI is InChI=1S/C10H11NO2.C4H7NO2/c1-8(12)10-5-3-9(4-6-10)7-11-13-2;1-4(6)3-5-7-2/h3-7H,1-2H3;3H,1-2H3. The Balaban J connectivity index is 0.000000441. The van der Waals surface area contributed by atoms with Crippen LogP contribution in [0.2, 0.25) is 0 Å². The Morgan fingerprint density at radius 1 is 1.00 bits per heavy atom. The maximum absolute atomic E-state index is 10.9. The minimum atomic E-state index is -0.109. The topological polar surface area (TPSA) is 77.3 Å². The number of carbonyl (C=O) groups is 2. The zero-order valence-electron chi connectivity index (χ0n) is 12.0. The van der Waals surface area contributed by atoms with Crippen molar-refractivity contribution in [3.8, 4) is 0 Å². The summed E-state index contributed by atoms with van der Waals surface area (Å²) < 4.78 is 0. The van der Waals surface area contributed by atoms with Crippen LogP contribution in [0.25, 0.3) is 0 Å². The molecule has 0 spiro atoms. The third-order valence-electron chi connectivity index (χ3n) is 1.96. The van der Waals surface area contributed by atoms with Gasteiger partial charge in [0, 0.05) is 12.5 Å². The maximum Gasteiger partial charge on any atom is 0.174 e. The van der Waals surface area contributed by atoms with Gasteiger partial charge in [-0.25, -0.2) is 0 Å². The van der Waals surface area contributed by atoms with E-state index in [0.29, 0.717) is 5.56 Å². The van der Waals surface area contributed by atoms with Gasteiger partial charge in [0.05, 0.1) is 6.21 Å². The number of nitrogens with zero attached hydrogens (tertiary/aromatic N) is 2. The molecule has 0 radical (unpaired) electrons. The van der Waals surface area contributed by atoms with Crippen molar-refractivity contribution in [3.05, 3.63) is 35.4 Å². The number of ketones is 2. The second kappa shape index (κ2) is 10.4. The number of benzene rings is 1. The van der Waals surface area contributed by atoms with E-state index in [1.165, 1.54) is 28.1 Å². The van der Waals surface area contributed by atoms with Gasteiger partial charge in [0.2, 0.25) is 0 Å². The fourth-order valence-electron chi connectivity index (χ4n) is 1.04. The van der Waals surface area contributed by atoms with Crippen LogP contribution in [0.1, 0.15) is 29.8 Å². The van der Waals surface area contributed by atoms with Gasteiger partial charge in [-0.2, -0.15) is 0 Å². The van der Waals surface area contributed by atoms with Crippen molar-refractivity contribution in [2.75, 3.05) is 14.2 Å². The lowest BCUT2D eigenvalue weighted by molar-refractivity contribution is -0.110. The molecule has 1 aromatic rings. The quantitative estimate of drug-likeness (QED) is 0.469. The molecule has 20 heavy (non-hydrogen) atoms. The molecule has 0 atom stereocenters. The molecule has 0 saturated heterocycles. The minimum Gasteiger partial charge on any atom is -0.399 e. The van der Waals surface area contributed by atoms with Gasteiger partial charge in [-0.3, -0.25) is 9.59 Å². The Morgan fingerprint density at radius 2 is 1.55 bits per heavy atom. The number of oxime groups is 2. The molecule has 108 valence electrons. The van der Waals surface area contributed by atoms with E-state index < -0.39 is 0 Å². The molecule has 0 aromatic heterocycles. The summed E-state index contributed by atoms with van der Waals surface area (Å²) in [5, 5.41) is 6.80. The van der Waals surface area contributed by atoms with Crippen molar-refractivity contribution >= 4 is 24.0 Å². The average molecular weight is 278 g/mol. The monoisotopic (exact) mass is 278 g/mol. The number of hydrogen-bond donors (Lipinski definition) is 0. The smallest absolute Gasteiger partial charge is 0.174 e. The second-order valence-corrected chi connectivity index (χ2v) is 3.62. The van der Waals surface area contributed by atoms with Crippen LogP contribution >= 0.6 is 0 Å². The highest BCUT2D eigenvalue weighted by molar-refractivity contribution is 6.26. The predicted molar refractivity (Wildman–Crippen MR) is 77.2 cm³/mol. The van der Waals surface area contributed by atoms with Crippen LogP contribution < -0.4 is 0 Å². The summed E-state index contributed by atoms with van der Waals surface area (Å²) >= 11 is 0. The summed E-state index contributed by atoms with van der Waals surface area (Å²) in [6, 6.07) is 7.16. The van der Waals surface area contributed by atoms with Gasteiger partial charge in [0.1, 0.15) is 20.4 Å². The van der Waals surface area contributed by atoms with Gasteiger partial charge in [-0.15, -0.1) is 0 Å². The Bertz CT molecular complexity index is 478. The van der Waals surface area contributed by atoms with Gasteiger partial charge in [0.15, 0.2) is 11.6 Å². The van der Waals surface area contributed by atoms with Crippen molar-refractivity contribution in [2.24, 2.45) is 10.3 Å². The first-order valence-electron chi connectivity index (χ1n) is 5.76. The lowest BCUT2D eigenvalue weighted by atomic mass is 10.1. The SMILES string of the molecule is CON=CC(C)=O.CON=Cc1ccc(C(C)=O)cc1. The summed E-state index contributed by atoms with van der Waals surface area (Å²) in [5.41, 5.74) is 1.61. The largest absolute Gasteiger partial charge is 0.399 e. The van der Waals surface area contributed by atoms with Gasteiger partial charge in [-0.05, 0) is 12.5 Å². The van der Waals surface area contributed by atoms with Gasteiger partial charge >= 0.3 is 0 Å². The van der Waals surface area contributed by atoms with E-state index in [9.17, 15) is 9.59 Å². The summed E-state index contributed by atoms with van der Waals surface area (Å²) in [7, 11) is 2.87. The highest BCUT2D eigenvalue weighted by Gasteiger charge is 1.96. The zero-order chi connectivity index (χ0) is 15.4. The first-order chi connectivity index (χ1) is 9.51. The normalized spacial score (nSPS) is 10.0. The van der Waals surface area contributed by atoms with E-state index in [4.69, 9.17) is 0 Å². The second-order valence-electron chi connectivity index (χ2n) is 3.62. The average Bonchev–Trinajstić information content (AvgIpc) is 2.44. The van der Waals surface area contributed by atoms with E-state index in [2.05, 4.69) is 20.0 Å². The maximum atomic E-state index is 10.9. The summed E-state index contributed by atoms with van der Waals surface area (Å²) in [5.74, 6) is -0.0444. The Kier molecular flexibility index (Phi) is 9.12. The third kappa shape index (κ3) is 8.57. The van der Waals surface area contributed by atoms with Crippen LogP contribution in [-0.2, 0) is 14.5 Å². The molecule has 1 aromatic carbocycles. The van der Waals surface area contributed by atoms with Crippen molar-refractivity contribution in [1.82, 2.24) is 0 Å². The number of rotatable bonds is 5. The Hall–Kier alpha value is -2.50. The van der Waals surface area contributed by atoms with Crippen LogP contribution in [0.4, 0.5) is 0 Å². The molecular weight excluding hydrogens is 260 g/mol. The fourth-order valence-corrected chi connectivity index (χ4v) is 1.04. The molecule has 0 bridgehead atoms. The molecule has 0 aliphatic carbocycles. The number of carbonyl (C=O) groups excluding carboxylic acids is 2. The molecule has 0 aliphatic heterocycles. The molecule has 0 amide bonds. The van der Waals surface area contributed by atoms with E-state index in [1.54, 1.807) is 18.3 Å². The van der Waals surface area contributed by atoms with Crippen LogP contribution in [0.5, 0.6) is 0 Å². The van der Waals surface area contributed by atoms with Crippen LogP contribution in [0.3, 0.4) is 0 Å². The van der Waals surface area contributed by atoms with Crippen LogP contribution in [0, 0.1) is 0 Å². The minimum absolute atomic E-state index is 0.0650. The summed E-state index contributed by atoms with van der Waals surface area (Å²) in [6.45, 7) is 2.95. The van der Waals surface area contributed by atoms with Gasteiger partial charge in [-0.1, -0.05) is 34.6 Å². The molecule has 0 N–H and O–H groups in total. The molecule has 0 fully saturated rings. The van der Waals surface area contributed by atoms with E-state index in [1.807, 2.05) is 12.1 Å². The third-order valence-corrected chi connectivity index (χ3v) is 1.96. The van der Waals surface area contributed by atoms with Crippen molar-refractivity contribution < 1.29 is 19.3 Å². The lowest BCUT2D eigenvalue weighted by Gasteiger charge is -1.95. The first kappa shape index (κ1) is 17.5.